The summed E-state index contributed by atoms with van der Waals surface area (Å²) in [6.45, 7) is 4.83. The highest BCUT2D eigenvalue weighted by atomic mass is 16.6. The molecule has 0 fully saturated rings. The van der Waals surface area contributed by atoms with Gasteiger partial charge in [-0.3, -0.25) is 14.4 Å². The Morgan fingerprint density at radius 3 is 1.66 bits per heavy atom. The summed E-state index contributed by atoms with van der Waals surface area (Å²) < 4.78 is 16.5. The summed E-state index contributed by atoms with van der Waals surface area (Å²) in [5, 5.41) is 0. The highest BCUT2D eigenvalue weighted by Crippen LogP contribution is 2.17. The van der Waals surface area contributed by atoms with Gasteiger partial charge in [0.1, 0.15) is 18.8 Å². The molecule has 0 aliphatic carbocycles. The Morgan fingerprint density at radius 1 is 0.596 bits per heavy atom. The molecule has 2 N–H and O–H groups in total. The number of unbranched alkanes of at least 4 members (excludes halogenated alkanes) is 18. The smallest absolute Gasteiger partial charge is 0.323 e. The van der Waals surface area contributed by atoms with Gasteiger partial charge in [-0.15, -0.1) is 0 Å². The van der Waals surface area contributed by atoms with E-state index in [4.69, 9.17) is 19.9 Å². The van der Waals surface area contributed by atoms with Gasteiger partial charge in [-0.05, 0) is 37.7 Å². The molecule has 0 aliphatic rings. The van der Waals surface area contributed by atoms with Crippen LogP contribution in [0, 0.1) is 0 Å². The molecule has 0 unspecified atom stereocenters. The molecule has 0 aromatic heterocycles. The molecule has 270 valence electrons. The maximum Gasteiger partial charge on any atom is 0.323 e. The van der Waals surface area contributed by atoms with Gasteiger partial charge >= 0.3 is 17.9 Å². The number of ether oxygens (including phenoxy) is 3. The number of carbonyl (C=O) groups is 3. The first-order chi connectivity index (χ1) is 23.0. The Hall–Kier alpha value is -2.41. The third-order valence-electron chi connectivity index (χ3n) is 8.76. The third-order valence-corrected chi connectivity index (χ3v) is 8.76. The van der Waals surface area contributed by atoms with Crippen molar-refractivity contribution in [3.8, 4) is 0 Å². The molecule has 7 heteroatoms. The normalized spacial score (nSPS) is 12.4. The molecule has 1 aromatic carbocycles. The van der Waals surface area contributed by atoms with E-state index in [0.717, 1.165) is 37.7 Å². The van der Waals surface area contributed by atoms with Crippen molar-refractivity contribution in [1.82, 2.24) is 0 Å². The fourth-order valence-electron chi connectivity index (χ4n) is 5.75. The van der Waals surface area contributed by atoms with Gasteiger partial charge in [0.05, 0.1) is 13.0 Å². The summed E-state index contributed by atoms with van der Waals surface area (Å²) >= 11 is 0. The topological polar surface area (TPSA) is 105 Å². The first-order valence-corrected chi connectivity index (χ1v) is 19.3. The van der Waals surface area contributed by atoms with Crippen LogP contribution in [0.1, 0.15) is 180 Å². The second-order valence-electron chi connectivity index (χ2n) is 13.3. The lowest BCUT2D eigenvalue weighted by Gasteiger charge is -2.18. The van der Waals surface area contributed by atoms with E-state index in [1.807, 2.05) is 30.3 Å². The van der Waals surface area contributed by atoms with Gasteiger partial charge in [0.15, 0.2) is 0 Å². The van der Waals surface area contributed by atoms with Crippen molar-refractivity contribution in [2.45, 2.75) is 193 Å². The van der Waals surface area contributed by atoms with Crippen LogP contribution in [0.5, 0.6) is 0 Å². The molecule has 0 radical (unpaired) electrons. The quantitative estimate of drug-likeness (QED) is 0.0466. The predicted molar refractivity (Wildman–Crippen MR) is 192 cm³/mol. The van der Waals surface area contributed by atoms with Crippen LogP contribution in [0.2, 0.25) is 0 Å². The summed E-state index contributed by atoms with van der Waals surface area (Å²) in [6, 6.07) is 8.68. The highest BCUT2D eigenvalue weighted by molar-refractivity contribution is 5.75. The summed E-state index contributed by atoms with van der Waals surface area (Å²) in [5.74, 6) is -1.06. The number of benzene rings is 1. The van der Waals surface area contributed by atoms with Crippen LogP contribution < -0.4 is 5.73 Å². The minimum absolute atomic E-state index is 0.0617. The zero-order valence-electron chi connectivity index (χ0n) is 30.2. The van der Waals surface area contributed by atoms with E-state index in [-0.39, 0.29) is 31.6 Å². The van der Waals surface area contributed by atoms with Crippen LogP contribution in [0.4, 0.5) is 0 Å². The Labute approximate surface area is 287 Å². The average Bonchev–Trinajstić information content (AvgIpc) is 3.07. The number of hydrogen-bond acceptors (Lipinski definition) is 7. The van der Waals surface area contributed by atoms with Crippen LogP contribution in [-0.2, 0) is 35.2 Å². The molecule has 2 atom stereocenters. The molecule has 0 spiro atoms. The van der Waals surface area contributed by atoms with Crippen molar-refractivity contribution < 1.29 is 28.6 Å². The highest BCUT2D eigenvalue weighted by Gasteiger charge is 2.20. The maximum atomic E-state index is 12.7. The molecular formula is C40H69NO6. The van der Waals surface area contributed by atoms with Gasteiger partial charge in [-0.25, -0.2) is 0 Å². The van der Waals surface area contributed by atoms with Crippen molar-refractivity contribution in [2.75, 3.05) is 6.61 Å². The fourth-order valence-corrected chi connectivity index (χ4v) is 5.75. The van der Waals surface area contributed by atoms with E-state index < -0.39 is 18.1 Å². The standard InChI is InChI=1S/C40H69NO6/c1-3-5-7-9-11-13-14-16-18-20-25-31-38(42)47-36(29-24-19-17-15-12-10-8-6-4-2)33-39(43)45-32-26-30-37(41)40(44)46-34-35-27-22-21-23-28-35/h21-23,27-28,36-37H,3-20,24-26,29-34,41H2,1-2H3/t36-,37+/m1/s1. The SMILES string of the molecule is CCCCCCCCCCCCCC(=O)O[C@H](CCCCCCCCCCC)CC(=O)OCCC[C@H](N)C(=O)OCc1ccccc1. The first-order valence-electron chi connectivity index (χ1n) is 19.3. The molecule has 1 aromatic rings. The summed E-state index contributed by atoms with van der Waals surface area (Å²) in [7, 11) is 0. The van der Waals surface area contributed by atoms with Crippen LogP contribution >= 0.6 is 0 Å². The van der Waals surface area contributed by atoms with E-state index in [2.05, 4.69) is 13.8 Å². The zero-order chi connectivity index (χ0) is 34.2. The predicted octanol–water partition coefficient (Wildman–Crippen LogP) is 10.3. The lowest BCUT2D eigenvalue weighted by atomic mass is 10.0. The molecule has 47 heavy (non-hydrogen) atoms. The molecule has 7 nitrogen and oxygen atoms in total. The molecule has 1 rings (SSSR count). The fraction of sp³-hybridized carbons (Fsp3) is 0.775. The van der Waals surface area contributed by atoms with Gasteiger partial charge in [0.2, 0.25) is 0 Å². The number of rotatable bonds is 32. The number of esters is 3. The van der Waals surface area contributed by atoms with Gasteiger partial charge < -0.3 is 19.9 Å². The second kappa shape index (κ2) is 30.9. The van der Waals surface area contributed by atoms with Crippen molar-refractivity contribution >= 4 is 17.9 Å². The largest absolute Gasteiger partial charge is 0.466 e. The van der Waals surface area contributed by atoms with Gasteiger partial charge in [0, 0.05) is 6.42 Å². The monoisotopic (exact) mass is 660 g/mol. The number of nitrogens with two attached hydrogens (primary N) is 1. The maximum absolute atomic E-state index is 12.7. The van der Waals surface area contributed by atoms with Crippen molar-refractivity contribution in [3.05, 3.63) is 35.9 Å². The zero-order valence-corrected chi connectivity index (χ0v) is 30.2. The van der Waals surface area contributed by atoms with E-state index in [1.54, 1.807) is 0 Å². The first kappa shape index (κ1) is 42.6. The van der Waals surface area contributed by atoms with E-state index in [9.17, 15) is 14.4 Å². The van der Waals surface area contributed by atoms with E-state index in [0.29, 0.717) is 25.7 Å². The Morgan fingerprint density at radius 2 is 1.11 bits per heavy atom. The minimum atomic E-state index is -0.770. The summed E-state index contributed by atoms with van der Waals surface area (Å²) in [4.78, 5) is 37.5. The van der Waals surface area contributed by atoms with Crippen molar-refractivity contribution in [1.29, 1.82) is 0 Å². The van der Waals surface area contributed by atoms with Gasteiger partial charge in [0.25, 0.3) is 0 Å². The molecule has 0 amide bonds. The van der Waals surface area contributed by atoms with E-state index in [1.165, 1.54) is 96.3 Å². The molecule has 0 aliphatic heterocycles. The van der Waals surface area contributed by atoms with Crippen LogP contribution in [-0.4, -0.2) is 36.7 Å². The van der Waals surface area contributed by atoms with E-state index >= 15 is 0 Å². The lowest BCUT2D eigenvalue weighted by Crippen LogP contribution is -2.32. The summed E-state index contributed by atoms with van der Waals surface area (Å²) in [6.07, 6.45) is 25.9. The molecular weight excluding hydrogens is 590 g/mol. The number of hydrogen-bond donors (Lipinski definition) is 1. The Bertz CT molecular complexity index is 892. The minimum Gasteiger partial charge on any atom is -0.466 e. The Balaban J connectivity index is 2.32. The van der Waals surface area contributed by atoms with Gasteiger partial charge in [-0.2, -0.15) is 0 Å². The molecule has 0 saturated heterocycles. The molecule has 0 heterocycles. The van der Waals surface area contributed by atoms with Gasteiger partial charge in [-0.1, -0.05) is 160 Å². The molecule has 0 bridgehead atoms. The lowest BCUT2D eigenvalue weighted by molar-refractivity contribution is -0.155. The summed E-state index contributed by atoms with van der Waals surface area (Å²) in [5.41, 5.74) is 6.88. The van der Waals surface area contributed by atoms with Crippen LogP contribution in [0.3, 0.4) is 0 Å². The van der Waals surface area contributed by atoms with Crippen LogP contribution in [0.15, 0.2) is 30.3 Å². The van der Waals surface area contributed by atoms with Crippen LogP contribution in [0.25, 0.3) is 0 Å². The Kier molecular flexibility index (Phi) is 28.0. The third kappa shape index (κ3) is 26.3. The average molecular weight is 660 g/mol. The number of carbonyl (C=O) groups excluding carboxylic acids is 3. The van der Waals surface area contributed by atoms with Crippen molar-refractivity contribution in [2.24, 2.45) is 5.73 Å². The van der Waals surface area contributed by atoms with Crippen molar-refractivity contribution in [3.63, 3.8) is 0 Å². The molecule has 0 saturated carbocycles. The second-order valence-corrected chi connectivity index (χ2v) is 13.3.